The zero-order chi connectivity index (χ0) is 12.9. The van der Waals surface area contributed by atoms with E-state index >= 15 is 0 Å². The van der Waals surface area contributed by atoms with Gasteiger partial charge in [0.05, 0.1) is 6.54 Å². The van der Waals surface area contributed by atoms with E-state index in [0.29, 0.717) is 13.1 Å². The molecule has 0 aliphatic carbocycles. The van der Waals surface area contributed by atoms with Crippen molar-refractivity contribution in [3.05, 3.63) is 34.3 Å². The van der Waals surface area contributed by atoms with Crippen LogP contribution in [0.2, 0.25) is 0 Å². The van der Waals surface area contributed by atoms with E-state index in [1.165, 1.54) is 5.56 Å². The van der Waals surface area contributed by atoms with E-state index in [9.17, 15) is 4.79 Å². The summed E-state index contributed by atoms with van der Waals surface area (Å²) >= 11 is 3.42. The second-order valence-electron chi connectivity index (χ2n) is 4.70. The lowest BCUT2D eigenvalue weighted by Crippen LogP contribution is -2.40. The van der Waals surface area contributed by atoms with Crippen LogP contribution in [0.1, 0.15) is 19.4 Å². The molecule has 0 bridgehead atoms. The number of amides is 1. The van der Waals surface area contributed by atoms with Crippen LogP contribution in [-0.2, 0) is 10.2 Å². The summed E-state index contributed by atoms with van der Waals surface area (Å²) in [6.45, 7) is 5.23. The summed E-state index contributed by atoms with van der Waals surface area (Å²) in [5.41, 5.74) is 1.15. The van der Waals surface area contributed by atoms with Gasteiger partial charge in [-0.25, -0.2) is 0 Å². The van der Waals surface area contributed by atoms with Crippen LogP contribution in [0.5, 0.6) is 0 Å². The molecule has 0 fully saturated rings. The molecule has 0 heterocycles. The number of hydrogen-bond acceptors (Lipinski definition) is 2. The smallest absolute Gasteiger partial charge is 0.233 e. The highest BCUT2D eigenvalue weighted by Gasteiger charge is 2.20. The highest BCUT2D eigenvalue weighted by atomic mass is 79.9. The first-order valence-electron chi connectivity index (χ1n) is 5.63. The maximum Gasteiger partial charge on any atom is 0.233 e. The molecule has 0 aliphatic heterocycles. The van der Waals surface area contributed by atoms with E-state index in [4.69, 9.17) is 0 Å². The molecule has 0 unspecified atom stereocenters. The number of rotatable bonds is 5. The third-order valence-corrected chi connectivity index (χ3v) is 3.22. The zero-order valence-electron chi connectivity index (χ0n) is 10.5. The van der Waals surface area contributed by atoms with Crippen molar-refractivity contribution >= 4 is 21.8 Å². The molecule has 1 rings (SSSR count). The fourth-order valence-electron chi connectivity index (χ4n) is 1.55. The summed E-state index contributed by atoms with van der Waals surface area (Å²) in [5.74, 6) is 0.0256. The molecule has 1 aromatic rings. The highest BCUT2D eigenvalue weighted by Crippen LogP contribution is 2.23. The zero-order valence-corrected chi connectivity index (χ0v) is 12.1. The third kappa shape index (κ3) is 4.48. The number of benzene rings is 1. The Morgan fingerprint density at radius 2 is 1.88 bits per heavy atom. The lowest BCUT2D eigenvalue weighted by Gasteiger charge is -2.25. The average Bonchev–Trinajstić information content (AvgIpc) is 2.28. The molecule has 2 N–H and O–H groups in total. The molecular formula is C13H19BrN2O. The van der Waals surface area contributed by atoms with Gasteiger partial charge in [-0.05, 0) is 24.7 Å². The molecule has 0 saturated heterocycles. The summed E-state index contributed by atoms with van der Waals surface area (Å²) in [5, 5.41) is 5.76. The Balaban J connectivity index is 2.61. The molecule has 94 valence electrons. The summed E-state index contributed by atoms with van der Waals surface area (Å²) in [7, 11) is 1.76. The Morgan fingerprint density at radius 1 is 1.29 bits per heavy atom. The van der Waals surface area contributed by atoms with Crippen LogP contribution >= 0.6 is 15.9 Å². The van der Waals surface area contributed by atoms with Crippen molar-refractivity contribution in [1.29, 1.82) is 0 Å². The van der Waals surface area contributed by atoms with Crippen LogP contribution in [0.3, 0.4) is 0 Å². The molecule has 0 radical (unpaired) electrons. The maximum atomic E-state index is 11.4. The van der Waals surface area contributed by atoms with Crippen molar-refractivity contribution < 1.29 is 4.79 Å². The van der Waals surface area contributed by atoms with E-state index < -0.39 is 0 Å². The number of hydrogen-bond donors (Lipinski definition) is 2. The van der Waals surface area contributed by atoms with Gasteiger partial charge < -0.3 is 10.6 Å². The van der Waals surface area contributed by atoms with Crippen molar-refractivity contribution in [2.24, 2.45) is 0 Å². The molecule has 0 spiro atoms. The van der Waals surface area contributed by atoms with Crippen LogP contribution in [0.15, 0.2) is 28.7 Å². The van der Waals surface area contributed by atoms with Crippen LogP contribution in [0, 0.1) is 0 Å². The fourth-order valence-corrected chi connectivity index (χ4v) is 1.81. The van der Waals surface area contributed by atoms with Crippen molar-refractivity contribution in [2.45, 2.75) is 19.3 Å². The second kappa shape index (κ2) is 6.17. The fraction of sp³-hybridized carbons (Fsp3) is 0.462. The van der Waals surface area contributed by atoms with Crippen LogP contribution in [0.4, 0.5) is 0 Å². The number of likely N-dealkylation sites (N-methyl/N-ethyl adjacent to an activating group) is 1. The van der Waals surface area contributed by atoms with E-state index in [2.05, 4.69) is 52.5 Å². The SMILES string of the molecule is CNCC(=O)NCC(C)(C)c1ccc(Br)cc1. The summed E-state index contributed by atoms with van der Waals surface area (Å²) in [6, 6.07) is 8.20. The molecular weight excluding hydrogens is 280 g/mol. The molecule has 3 nitrogen and oxygen atoms in total. The second-order valence-corrected chi connectivity index (χ2v) is 5.61. The number of carbonyl (C=O) groups is 1. The molecule has 0 atom stereocenters. The van der Waals surface area contributed by atoms with Crippen LogP contribution < -0.4 is 10.6 Å². The first-order valence-corrected chi connectivity index (χ1v) is 6.42. The van der Waals surface area contributed by atoms with Gasteiger partial charge in [0, 0.05) is 16.4 Å². The third-order valence-electron chi connectivity index (χ3n) is 2.69. The Kier molecular flexibility index (Phi) is 5.15. The molecule has 1 aromatic carbocycles. The van der Waals surface area contributed by atoms with Gasteiger partial charge in [0.2, 0.25) is 5.91 Å². The molecule has 4 heteroatoms. The number of halogens is 1. The van der Waals surface area contributed by atoms with Crippen LogP contribution in [-0.4, -0.2) is 26.0 Å². The van der Waals surface area contributed by atoms with Gasteiger partial charge in [0.15, 0.2) is 0 Å². The lowest BCUT2D eigenvalue weighted by molar-refractivity contribution is -0.120. The first kappa shape index (κ1) is 14.2. The predicted molar refractivity (Wildman–Crippen MR) is 74.1 cm³/mol. The molecule has 0 aromatic heterocycles. The van der Waals surface area contributed by atoms with Gasteiger partial charge in [0.1, 0.15) is 0 Å². The number of carbonyl (C=O) groups excluding carboxylic acids is 1. The van der Waals surface area contributed by atoms with Gasteiger partial charge in [-0.1, -0.05) is 41.9 Å². The molecule has 17 heavy (non-hydrogen) atoms. The number of nitrogens with one attached hydrogen (secondary N) is 2. The standard InChI is InChI=1S/C13H19BrN2O/c1-13(2,9-16-12(17)8-15-3)10-4-6-11(14)7-5-10/h4-7,15H,8-9H2,1-3H3,(H,16,17). The highest BCUT2D eigenvalue weighted by molar-refractivity contribution is 9.10. The largest absolute Gasteiger partial charge is 0.354 e. The van der Waals surface area contributed by atoms with Crippen molar-refractivity contribution in [2.75, 3.05) is 20.1 Å². The predicted octanol–water partition coefficient (Wildman–Crippen LogP) is 2.06. The van der Waals surface area contributed by atoms with E-state index in [1.54, 1.807) is 7.05 Å². The van der Waals surface area contributed by atoms with E-state index in [1.807, 2.05) is 12.1 Å². The quantitative estimate of drug-likeness (QED) is 0.874. The molecule has 0 aliphatic rings. The Morgan fingerprint density at radius 3 is 2.41 bits per heavy atom. The van der Waals surface area contributed by atoms with Gasteiger partial charge in [0.25, 0.3) is 0 Å². The van der Waals surface area contributed by atoms with Crippen molar-refractivity contribution in [1.82, 2.24) is 10.6 Å². The summed E-state index contributed by atoms with van der Waals surface area (Å²) < 4.78 is 1.07. The minimum atomic E-state index is -0.0654. The Hall–Kier alpha value is -0.870. The lowest BCUT2D eigenvalue weighted by atomic mass is 9.84. The van der Waals surface area contributed by atoms with Crippen molar-refractivity contribution in [3.8, 4) is 0 Å². The van der Waals surface area contributed by atoms with Crippen LogP contribution in [0.25, 0.3) is 0 Å². The van der Waals surface area contributed by atoms with Crippen molar-refractivity contribution in [3.63, 3.8) is 0 Å². The molecule has 1 amide bonds. The Bertz CT molecular complexity index is 374. The topological polar surface area (TPSA) is 41.1 Å². The maximum absolute atomic E-state index is 11.4. The van der Waals surface area contributed by atoms with E-state index in [-0.39, 0.29) is 11.3 Å². The molecule has 0 saturated carbocycles. The summed E-state index contributed by atoms with van der Waals surface area (Å²) in [4.78, 5) is 11.4. The monoisotopic (exact) mass is 298 g/mol. The van der Waals surface area contributed by atoms with Gasteiger partial charge >= 0.3 is 0 Å². The average molecular weight is 299 g/mol. The normalized spacial score (nSPS) is 11.3. The van der Waals surface area contributed by atoms with E-state index in [0.717, 1.165) is 4.47 Å². The Labute approximate surface area is 111 Å². The van der Waals surface area contributed by atoms with Gasteiger partial charge in [-0.15, -0.1) is 0 Å². The minimum absolute atomic E-state index is 0.0256. The van der Waals surface area contributed by atoms with Gasteiger partial charge in [-0.3, -0.25) is 4.79 Å². The van der Waals surface area contributed by atoms with Gasteiger partial charge in [-0.2, -0.15) is 0 Å². The minimum Gasteiger partial charge on any atom is -0.354 e. The summed E-state index contributed by atoms with van der Waals surface area (Å²) in [6.07, 6.45) is 0. The first-order chi connectivity index (χ1) is 7.95.